The fourth-order valence-electron chi connectivity index (χ4n) is 5.15. The zero-order valence-corrected chi connectivity index (χ0v) is 27.1. The zero-order chi connectivity index (χ0) is 29.8. The van der Waals surface area contributed by atoms with E-state index in [4.69, 9.17) is 18.9 Å². The van der Waals surface area contributed by atoms with Crippen molar-refractivity contribution in [3.63, 3.8) is 0 Å². The number of hydrogen-bond acceptors (Lipinski definition) is 10. The van der Waals surface area contributed by atoms with E-state index < -0.39 is 17.6 Å². The van der Waals surface area contributed by atoms with Crippen LogP contribution in [0.5, 0.6) is 23.0 Å². The molecular weight excluding hydrogens is 586 g/mol. The molecule has 3 aromatic carbocycles. The van der Waals surface area contributed by atoms with Crippen molar-refractivity contribution in [1.82, 2.24) is 8.75 Å². The molecule has 0 bridgehead atoms. The van der Waals surface area contributed by atoms with Crippen LogP contribution >= 0.6 is 11.7 Å². The first-order valence-electron chi connectivity index (χ1n) is 13.3. The van der Waals surface area contributed by atoms with E-state index in [1.807, 2.05) is 0 Å². The van der Waals surface area contributed by atoms with Crippen molar-refractivity contribution >= 4 is 40.1 Å². The number of ether oxygens (including phenoxy) is 4. The zero-order valence-electron chi connectivity index (χ0n) is 24.3. The first-order valence-corrected chi connectivity index (χ1v) is 14.0. The molecule has 0 spiro atoms. The molecule has 5 rings (SSSR count). The van der Waals surface area contributed by atoms with Crippen LogP contribution in [0, 0.1) is 5.82 Å². The monoisotopic (exact) mass is 614 g/mol. The molecular formula is C31H28FN2NaO7S. The van der Waals surface area contributed by atoms with Crippen molar-refractivity contribution in [2.24, 2.45) is 0 Å². The van der Waals surface area contributed by atoms with Crippen molar-refractivity contribution in [2.45, 2.75) is 38.2 Å². The third kappa shape index (κ3) is 7.01. The van der Waals surface area contributed by atoms with Gasteiger partial charge in [-0.2, -0.15) is 8.75 Å². The molecule has 218 valence electrons. The van der Waals surface area contributed by atoms with E-state index >= 15 is 0 Å². The van der Waals surface area contributed by atoms with Crippen LogP contribution in [0.25, 0.3) is 16.6 Å². The van der Waals surface area contributed by atoms with Crippen molar-refractivity contribution in [2.75, 3.05) is 21.3 Å². The van der Waals surface area contributed by atoms with E-state index in [0.29, 0.717) is 33.8 Å². The third-order valence-corrected chi connectivity index (χ3v) is 7.78. The molecule has 0 unspecified atom stereocenters. The largest absolute Gasteiger partial charge is 1.00 e. The van der Waals surface area contributed by atoms with Gasteiger partial charge in [0.15, 0.2) is 28.8 Å². The Balaban J connectivity index is 0.00000423. The number of halogens is 1. The van der Waals surface area contributed by atoms with Crippen LogP contribution in [0.15, 0.2) is 54.1 Å². The molecule has 0 amide bonds. The van der Waals surface area contributed by atoms with E-state index in [1.165, 1.54) is 45.6 Å². The number of allylic oxidation sites excluding steroid dienone is 1. The number of aromatic nitrogens is 2. The normalized spacial score (nSPS) is 13.7. The van der Waals surface area contributed by atoms with Gasteiger partial charge in [0.1, 0.15) is 11.0 Å². The van der Waals surface area contributed by atoms with E-state index in [2.05, 4.69) is 8.75 Å². The summed E-state index contributed by atoms with van der Waals surface area (Å²) in [6.45, 7) is 0. The summed E-state index contributed by atoms with van der Waals surface area (Å²) in [6.07, 6.45) is 3.85. The molecule has 0 saturated heterocycles. The van der Waals surface area contributed by atoms with Crippen LogP contribution in [0.2, 0.25) is 0 Å². The molecule has 0 radical (unpaired) electrons. The standard InChI is InChI=1S/C31H29FN2O7S.Na/c1-38-25-11-9-19(15-22(25)32)29(35)21(28(31(36)37)18-8-10-23-24(16-18)34-42-33-23)12-17-13-26(39-2)30(27(14-17)40-3)41-20-6-4-5-7-20;/h8-11,13-16,20H,4-7,12H2,1-3H3,(H,36,37);/q;+1/p-1. The molecule has 0 aliphatic heterocycles. The molecule has 1 saturated carbocycles. The number of ketones is 1. The van der Waals surface area contributed by atoms with Gasteiger partial charge in [-0.25, -0.2) is 4.39 Å². The Labute approximate surface area is 274 Å². The molecule has 0 N–H and O–H groups in total. The van der Waals surface area contributed by atoms with Crippen molar-refractivity contribution in [3.8, 4) is 23.0 Å². The van der Waals surface area contributed by atoms with Gasteiger partial charge in [-0.1, -0.05) is 6.07 Å². The third-order valence-electron chi connectivity index (χ3n) is 7.22. The average molecular weight is 615 g/mol. The Morgan fingerprint density at radius 2 is 1.51 bits per heavy atom. The van der Waals surface area contributed by atoms with Gasteiger partial charge in [-0.15, -0.1) is 0 Å². The number of nitrogens with zero attached hydrogens (tertiary/aromatic N) is 2. The number of carboxylic acids is 1. The Morgan fingerprint density at radius 1 is 0.884 bits per heavy atom. The maximum atomic E-state index is 14.6. The quantitative estimate of drug-likeness (QED) is 0.142. The van der Waals surface area contributed by atoms with Crippen LogP contribution < -0.4 is 53.6 Å². The van der Waals surface area contributed by atoms with Gasteiger partial charge in [0.2, 0.25) is 5.75 Å². The summed E-state index contributed by atoms with van der Waals surface area (Å²) < 4.78 is 45.5. The molecule has 9 nitrogen and oxygen atoms in total. The van der Waals surface area contributed by atoms with Gasteiger partial charge < -0.3 is 28.8 Å². The van der Waals surface area contributed by atoms with Crippen LogP contribution in [0.1, 0.15) is 47.2 Å². The second-order valence-corrected chi connectivity index (χ2v) is 10.3. The summed E-state index contributed by atoms with van der Waals surface area (Å²) in [5.74, 6) is -1.89. The minimum absolute atomic E-state index is 0. The molecule has 1 heterocycles. The summed E-state index contributed by atoms with van der Waals surface area (Å²) >= 11 is 0.982. The van der Waals surface area contributed by atoms with Gasteiger partial charge >= 0.3 is 29.6 Å². The van der Waals surface area contributed by atoms with E-state index in [1.54, 1.807) is 18.2 Å². The number of benzene rings is 3. The SMILES string of the molecule is COc1ccc(C(=O)C(Cc2cc(OC)c(OC3CCCC3)c(OC)c2)=C(C(=O)[O-])c2ccc3nsnc3c2)cc1F.[Na+]. The van der Waals surface area contributed by atoms with E-state index in [0.717, 1.165) is 43.5 Å². The van der Waals surface area contributed by atoms with Gasteiger partial charge in [0, 0.05) is 23.1 Å². The first kappa shape index (κ1) is 32.4. The van der Waals surface area contributed by atoms with Gasteiger partial charge in [0.05, 0.1) is 45.1 Å². The molecule has 1 aliphatic rings. The minimum Gasteiger partial charge on any atom is -0.545 e. The number of methoxy groups -OCH3 is 3. The molecule has 43 heavy (non-hydrogen) atoms. The topological polar surface area (TPSA) is 120 Å². The first-order chi connectivity index (χ1) is 20.3. The number of aliphatic carboxylic acids is 1. The maximum absolute atomic E-state index is 14.6. The van der Waals surface area contributed by atoms with Crippen LogP contribution in [-0.4, -0.2) is 47.9 Å². The smallest absolute Gasteiger partial charge is 0.545 e. The molecule has 0 atom stereocenters. The number of rotatable bonds is 11. The number of carbonyl (C=O) groups is 2. The van der Waals surface area contributed by atoms with Gasteiger partial charge in [0.25, 0.3) is 0 Å². The summed E-state index contributed by atoms with van der Waals surface area (Å²) in [4.78, 5) is 26.7. The summed E-state index contributed by atoms with van der Waals surface area (Å²) in [5.41, 5.74) is 1.22. The second kappa shape index (κ2) is 14.3. The van der Waals surface area contributed by atoms with Crippen LogP contribution in [-0.2, 0) is 11.2 Å². The predicted octanol–water partition coefficient (Wildman–Crippen LogP) is 1.81. The Hall–Kier alpha value is -3.51. The molecule has 1 fully saturated rings. The molecule has 1 aromatic heterocycles. The second-order valence-electron chi connectivity index (χ2n) is 9.82. The summed E-state index contributed by atoms with van der Waals surface area (Å²) in [5, 5.41) is 12.7. The average Bonchev–Trinajstić information content (AvgIpc) is 3.68. The molecule has 1 aliphatic carbocycles. The van der Waals surface area contributed by atoms with Crippen molar-refractivity contribution in [1.29, 1.82) is 0 Å². The van der Waals surface area contributed by atoms with Gasteiger partial charge in [-0.05, 0) is 79.3 Å². The van der Waals surface area contributed by atoms with E-state index in [-0.39, 0.29) is 70.1 Å². The van der Waals surface area contributed by atoms with Crippen molar-refractivity contribution in [3.05, 3.63) is 76.6 Å². The Morgan fingerprint density at radius 3 is 2.12 bits per heavy atom. The number of fused-ring (bicyclic) bond motifs is 1. The number of carboxylic acid groups (broad SMARTS) is 1. The summed E-state index contributed by atoms with van der Waals surface area (Å²) in [7, 11) is 4.29. The number of hydrogen-bond donors (Lipinski definition) is 0. The van der Waals surface area contributed by atoms with Crippen molar-refractivity contribution < 1.29 is 67.6 Å². The number of Topliss-reactive ketones (excluding diaryl/α,β-unsaturated/α-hetero) is 1. The van der Waals surface area contributed by atoms with Gasteiger partial charge in [-0.3, -0.25) is 4.79 Å². The minimum atomic E-state index is -1.57. The predicted molar refractivity (Wildman–Crippen MR) is 153 cm³/mol. The maximum Gasteiger partial charge on any atom is 1.00 e. The molecule has 12 heteroatoms. The Kier molecular flexibility index (Phi) is 10.8. The fraction of sp³-hybridized carbons (Fsp3) is 0.290. The van der Waals surface area contributed by atoms with Crippen LogP contribution in [0.3, 0.4) is 0 Å². The van der Waals surface area contributed by atoms with Crippen LogP contribution in [0.4, 0.5) is 4.39 Å². The van der Waals surface area contributed by atoms with E-state index in [9.17, 15) is 19.1 Å². The molecule has 4 aromatic rings. The Bertz CT molecular complexity index is 1660. The fourth-order valence-corrected chi connectivity index (χ4v) is 5.66. The summed E-state index contributed by atoms with van der Waals surface area (Å²) in [6, 6.07) is 11.7. The number of carbonyl (C=O) groups excluding carboxylic acids is 2.